The van der Waals surface area contributed by atoms with Crippen LogP contribution in [0.4, 0.5) is 36.2 Å². The molecule has 0 aliphatic heterocycles. The minimum Gasteiger partial charge on any atom is -0.373 e. The predicted octanol–water partition coefficient (Wildman–Crippen LogP) is 6.35. The molecule has 0 radical (unpaired) electrons. The van der Waals surface area contributed by atoms with Gasteiger partial charge in [0.2, 0.25) is 0 Å². The average Bonchev–Trinajstić information content (AvgIpc) is 3.32. The highest BCUT2D eigenvalue weighted by Gasteiger charge is 2.31. The number of aryl methyl sites for hydroxylation is 2. The van der Waals surface area contributed by atoms with Gasteiger partial charge in [-0.2, -0.15) is 23.0 Å². The van der Waals surface area contributed by atoms with Gasteiger partial charge in [-0.15, -0.1) is 0 Å². The van der Waals surface area contributed by atoms with Gasteiger partial charge < -0.3 is 21.3 Å². The van der Waals surface area contributed by atoms with Crippen molar-refractivity contribution in [3.8, 4) is 5.82 Å². The largest absolute Gasteiger partial charge is 0.416 e. The summed E-state index contributed by atoms with van der Waals surface area (Å²) in [6, 6.07) is 12.4. The highest BCUT2D eigenvalue weighted by molar-refractivity contribution is 6.05. The molecule has 0 spiro atoms. The summed E-state index contributed by atoms with van der Waals surface area (Å²) in [4.78, 5) is 21.6. The van der Waals surface area contributed by atoms with Crippen LogP contribution in [-0.2, 0) is 6.18 Å². The van der Waals surface area contributed by atoms with E-state index in [-0.39, 0.29) is 17.2 Å². The molecule has 12 heteroatoms. The first-order valence-electron chi connectivity index (χ1n) is 13.3. The van der Waals surface area contributed by atoms with Crippen LogP contribution in [0.2, 0.25) is 0 Å². The van der Waals surface area contributed by atoms with E-state index in [1.54, 1.807) is 48.1 Å². The summed E-state index contributed by atoms with van der Waals surface area (Å²) < 4.78 is 42.6. The third-order valence-corrected chi connectivity index (χ3v) is 6.21. The van der Waals surface area contributed by atoms with E-state index in [0.717, 1.165) is 23.4 Å². The Morgan fingerprint density at radius 2 is 1.83 bits per heavy atom. The van der Waals surface area contributed by atoms with Crippen molar-refractivity contribution in [1.82, 2.24) is 25.1 Å². The molecule has 0 fully saturated rings. The number of benzene rings is 2. The normalized spacial score (nSPS) is 11.7. The van der Waals surface area contributed by atoms with Crippen LogP contribution in [0.25, 0.3) is 11.9 Å². The van der Waals surface area contributed by atoms with E-state index < -0.39 is 17.6 Å². The summed E-state index contributed by atoms with van der Waals surface area (Å²) in [6.07, 6.45) is 0.121. The molecule has 0 bridgehead atoms. The minimum absolute atomic E-state index is 0.103. The number of alkyl halides is 3. The number of aromatic nitrogens is 4. The minimum atomic E-state index is -4.60. The van der Waals surface area contributed by atoms with E-state index in [2.05, 4.69) is 36.3 Å². The number of carbonyl (C=O) groups is 1. The summed E-state index contributed by atoms with van der Waals surface area (Å²) >= 11 is 0. The van der Waals surface area contributed by atoms with Crippen molar-refractivity contribution in [3.63, 3.8) is 0 Å². The first-order chi connectivity index (χ1) is 19.9. The second-order valence-electron chi connectivity index (χ2n) is 10.0. The van der Waals surface area contributed by atoms with E-state index in [1.165, 1.54) is 12.4 Å². The van der Waals surface area contributed by atoms with Crippen LogP contribution in [-0.4, -0.2) is 45.3 Å². The molecule has 0 unspecified atom stereocenters. The molecule has 0 aliphatic rings. The zero-order valence-corrected chi connectivity index (χ0v) is 24.0. The molecule has 2 aromatic carbocycles. The molecule has 2 aromatic heterocycles. The van der Waals surface area contributed by atoms with E-state index in [0.29, 0.717) is 35.4 Å². The number of rotatable bonds is 10. The molecule has 0 saturated heterocycles. The Hall–Kier alpha value is -4.71. The second-order valence-corrected chi connectivity index (χ2v) is 10.0. The SMILES string of the molecule is CNc1cc(-n2nc(C)cc2Nc2cc(NC(=O)c3cc(/C=C/CNC(C)C)cc(C(F)(F)F)c3)ccc2C)ncn1. The summed E-state index contributed by atoms with van der Waals surface area (Å²) in [7, 11) is 1.76. The molecule has 4 aromatic rings. The van der Waals surface area contributed by atoms with Gasteiger partial charge in [-0.1, -0.05) is 32.1 Å². The van der Waals surface area contributed by atoms with Crippen LogP contribution >= 0.6 is 0 Å². The molecule has 4 N–H and O–H groups in total. The van der Waals surface area contributed by atoms with Gasteiger partial charge in [0.25, 0.3) is 5.91 Å². The van der Waals surface area contributed by atoms with Crippen LogP contribution < -0.4 is 21.3 Å². The lowest BCUT2D eigenvalue weighted by molar-refractivity contribution is -0.137. The molecule has 220 valence electrons. The lowest BCUT2D eigenvalue weighted by Gasteiger charge is -2.14. The van der Waals surface area contributed by atoms with E-state index in [9.17, 15) is 18.0 Å². The van der Waals surface area contributed by atoms with Crippen LogP contribution in [0.3, 0.4) is 0 Å². The summed E-state index contributed by atoms with van der Waals surface area (Å²) in [5.41, 5.74) is 1.98. The van der Waals surface area contributed by atoms with Gasteiger partial charge in [-0.05, 0) is 55.3 Å². The van der Waals surface area contributed by atoms with Crippen LogP contribution in [0, 0.1) is 13.8 Å². The molecule has 2 heterocycles. The zero-order valence-electron chi connectivity index (χ0n) is 24.0. The number of carbonyl (C=O) groups excluding carboxylic acids is 1. The summed E-state index contributed by atoms with van der Waals surface area (Å²) in [6.45, 7) is 8.18. The standard InChI is InChI=1S/C30H33F3N8O/c1-18(2)35-10-6-7-21-12-22(14-23(13-21)30(31,32)33)29(42)38-24-9-8-19(3)25(15-24)39-28-11-20(4)40-41(28)27-16-26(34-5)36-17-37-27/h6-9,11-18,35,39H,10H2,1-5H3,(H,38,42)(H,34,36,37)/b7-6+. The summed E-state index contributed by atoms with van der Waals surface area (Å²) in [5, 5.41) is 16.7. The van der Waals surface area contributed by atoms with Crippen molar-refractivity contribution in [2.75, 3.05) is 29.5 Å². The topological polar surface area (TPSA) is 109 Å². The highest BCUT2D eigenvalue weighted by Crippen LogP contribution is 2.32. The van der Waals surface area contributed by atoms with Crippen molar-refractivity contribution in [3.05, 3.63) is 88.9 Å². The van der Waals surface area contributed by atoms with Crippen molar-refractivity contribution < 1.29 is 18.0 Å². The summed E-state index contributed by atoms with van der Waals surface area (Å²) in [5.74, 6) is 1.13. The van der Waals surface area contributed by atoms with Crippen molar-refractivity contribution >= 4 is 35.0 Å². The number of hydrogen-bond donors (Lipinski definition) is 4. The molecule has 0 aliphatic carbocycles. The fraction of sp³-hybridized carbons (Fsp3) is 0.267. The molecular weight excluding hydrogens is 545 g/mol. The van der Waals surface area contributed by atoms with Gasteiger partial charge in [0.15, 0.2) is 5.82 Å². The maximum Gasteiger partial charge on any atom is 0.416 e. The number of amides is 1. The van der Waals surface area contributed by atoms with Gasteiger partial charge in [-0.25, -0.2) is 9.97 Å². The fourth-order valence-corrected chi connectivity index (χ4v) is 4.08. The number of halogens is 3. The van der Waals surface area contributed by atoms with Gasteiger partial charge in [0.05, 0.1) is 11.3 Å². The van der Waals surface area contributed by atoms with Crippen molar-refractivity contribution in [1.29, 1.82) is 0 Å². The maximum atomic E-state index is 13.6. The van der Waals surface area contributed by atoms with E-state index >= 15 is 0 Å². The Balaban J connectivity index is 1.59. The Labute approximate surface area is 242 Å². The molecule has 42 heavy (non-hydrogen) atoms. The van der Waals surface area contributed by atoms with Gasteiger partial charge in [-0.3, -0.25) is 4.79 Å². The van der Waals surface area contributed by atoms with Crippen molar-refractivity contribution in [2.24, 2.45) is 0 Å². The van der Waals surface area contributed by atoms with Crippen molar-refractivity contribution in [2.45, 2.75) is 39.9 Å². The molecule has 1 amide bonds. The number of anilines is 4. The Morgan fingerprint density at radius 1 is 1.05 bits per heavy atom. The Kier molecular flexibility index (Phi) is 9.26. The average molecular weight is 579 g/mol. The van der Waals surface area contributed by atoms with Gasteiger partial charge in [0, 0.05) is 48.7 Å². The second kappa shape index (κ2) is 12.9. The first-order valence-corrected chi connectivity index (χ1v) is 13.3. The number of nitrogens with zero attached hydrogens (tertiary/aromatic N) is 4. The van der Waals surface area contributed by atoms with Crippen LogP contribution in [0.5, 0.6) is 0 Å². The van der Waals surface area contributed by atoms with E-state index in [1.807, 2.05) is 33.8 Å². The Bertz CT molecular complexity index is 1590. The smallest absolute Gasteiger partial charge is 0.373 e. The molecule has 9 nitrogen and oxygen atoms in total. The van der Waals surface area contributed by atoms with Gasteiger partial charge in [0.1, 0.15) is 18.0 Å². The predicted molar refractivity (Wildman–Crippen MR) is 159 cm³/mol. The molecular formula is C30H33F3N8O. The van der Waals surface area contributed by atoms with Crippen LogP contribution in [0.15, 0.2) is 60.9 Å². The first kappa shape index (κ1) is 30.3. The monoisotopic (exact) mass is 578 g/mol. The van der Waals surface area contributed by atoms with E-state index in [4.69, 9.17) is 0 Å². The number of hydrogen-bond acceptors (Lipinski definition) is 7. The van der Waals surface area contributed by atoms with Gasteiger partial charge >= 0.3 is 6.18 Å². The highest BCUT2D eigenvalue weighted by atomic mass is 19.4. The molecule has 4 rings (SSSR count). The third kappa shape index (κ3) is 7.72. The molecule has 0 atom stereocenters. The fourth-order valence-electron chi connectivity index (χ4n) is 4.08. The lowest BCUT2D eigenvalue weighted by Crippen LogP contribution is -2.22. The third-order valence-electron chi connectivity index (χ3n) is 6.21. The number of nitrogens with one attached hydrogen (secondary N) is 4. The lowest BCUT2D eigenvalue weighted by atomic mass is 10.0. The maximum absolute atomic E-state index is 13.6. The molecule has 0 saturated carbocycles. The quantitative estimate of drug-likeness (QED) is 0.174. The van der Waals surface area contributed by atoms with Crippen LogP contribution in [0.1, 0.15) is 46.6 Å². The zero-order chi connectivity index (χ0) is 30.4. The Morgan fingerprint density at radius 3 is 2.55 bits per heavy atom.